The van der Waals surface area contributed by atoms with E-state index in [1.165, 1.54) is 0 Å². The van der Waals surface area contributed by atoms with Crippen LogP contribution in [0.4, 0.5) is 5.95 Å². The number of hydrogen-bond acceptors (Lipinski definition) is 3. The molecule has 4 heteroatoms. The van der Waals surface area contributed by atoms with Gasteiger partial charge in [0.2, 0.25) is 5.95 Å². The van der Waals surface area contributed by atoms with E-state index in [1.807, 2.05) is 47.0 Å². The van der Waals surface area contributed by atoms with Crippen molar-refractivity contribution in [3.8, 4) is 11.4 Å². The smallest absolute Gasteiger partial charge is 0.208 e. The van der Waals surface area contributed by atoms with Crippen molar-refractivity contribution in [1.82, 2.24) is 9.55 Å². The first-order valence-corrected chi connectivity index (χ1v) is 7.31. The van der Waals surface area contributed by atoms with Crippen LogP contribution < -0.4 is 5.32 Å². The van der Waals surface area contributed by atoms with Crippen LogP contribution in [-0.4, -0.2) is 21.2 Å². The van der Waals surface area contributed by atoms with E-state index in [2.05, 4.69) is 17.2 Å². The largest absolute Gasteiger partial charge is 0.506 e. The first-order valence-electron chi connectivity index (χ1n) is 7.31. The summed E-state index contributed by atoms with van der Waals surface area (Å²) in [6.45, 7) is 3.03. The van der Waals surface area contributed by atoms with Crippen molar-refractivity contribution in [2.45, 2.75) is 19.8 Å². The second-order valence-corrected chi connectivity index (χ2v) is 5.03. The van der Waals surface area contributed by atoms with E-state index in [-0.39, 0.29) is 5.75 Å². The summed E-state index contributed by atoms with van der Waals surface area (Å²) >= 11 is 0. The van der Waals surface area contributed by atoms with Crippen molar-refractivity contribution in [2.24, 2.45) is 0 Å². The van der Waals surface area contributed by atoms with Gasteiger partial charge in [0.1, 0.15) is 5.75 Å². The first-order chi connectivity index (χ1) is 10.3. The van der Waals surface area contributed by atoms with Gasteiger partial charge in [-0.1, -0.05) is 37.6 Å². The average molecular weight is 281 g/mol. The van der Waals surface area contributed by atoms with Gasteiger partial charge < -0.3 is 10.4 Å². The number of nitrogens with one attached hydrogen (secondary N) is 1. The molecule has 0 saturated heterocycles. The molecule has 0 aliphatic heterocycles. The fourth-order valence-electron chi connectivity index (χ4n) is 2.42. The molecule has 3 aromatic rings. The summed E-state index contributed by atoms with van der Waals surface area (Å²) in [4.78, 5) is 4.64. The number of unbranched alkanes of at least 4 members (excludes halogenated alkanes) is 1. The Balaban J connectivity index is 2.14. The molecule has 0 radical (unpaired) electrons. The molecule has 0 bridgehead atoms. The molecule has 21 heavy (non-hydrogen) atoms. The van der Waals surface area contributed by atoms with E-state index in [1.54, 1.807) is 6.07 Å². The molecule has 0 fully saturated rings. The van der Waals surface area contributed by atoms with Gasteiger partial charge in [-0.05, 0) is 30.7 Å². The van der Waals surface area contributed by atoms with Crippen LogP contribution in [0.5, 0.6) is 5.75 Å². The highest BCUT2D eigenvalue weighted by atomic mass is 16.3. The molecular formula is C17H19N3O. The third-order valence-electron chi connectivity index (χ3n) is 3.50. The van der Waals surface area contributed by atoms with Crippen molar-refractivity contribution in [1.29, 1.82) is 0 Å². The lowest BCUT2D eigenvalue weighted by molar-refractivity contribution is 0.473. The molecule has 4 nitrogen and oxygen atoms in total. The van der Waals surface area contributed by atoms with E-state index in [0.717, 1.165) is 42.1 Å². The van der Waals surface area contributed by atoms with Crippen LogP contribution in [0, 0.1) is 0 Å². The van der Waals surface area contributed by atoms with Gasteiger partial charge in [0.25, 0.3) is 0 Å². The molecule has 0 aliphatic carbocycles. The first kappa shape index (κ1) is 13.5. The van der Waals surface area contributed by atoms with Crippen molar-refractivity contribution in [3.63, 3.8) is 0 Å². The standard InChI is InChI=1S/C17H19N3O/c1-2-3-12-18-17-19-13-8-4-5-9-14(13)20(17)15-10-6-7-11-16(15)21/h4-11,21H,2-3,12H2,1H3,(H,18,19). The highest BCUT2D eigenvalue weighted by Gasteiger charge is 2.13. The van der Waals surface area contributed by atoms with E-state index in [4.69, 9.17) is 0 Å². The van der Waals surface area contributed by atoms with E-state index >= 15 is 0 Å². The maximum absolute atomic E-state index is 10.2. The second kappa shape index (κ2) is 5.87. The number of para-hydroxylation sites is 4. The van der Waals surface area contributed by atoms with Crippen LogP contribution in [0.2, 0.25) is 0 Å². The summed E-state index contributed by atoms with van der Waals surface area (Å²) in [5, 5.41) is 13.5. The SMILES string of the molecule is CCCCNc1nc2ccccc2n1-c1ccccc1O. The number of imidazole rings is 1. The number of fused-ring (bicyclic) bond motifs is 1. The molecule has 0 atom stereocenters. The van der Waals surface area contributed by atoms with E-state index < -0.39 is 0 Å². The summed E-state index contributed by atoms with van der Waals surface area (Å²) in [5.74, 6) is 1.02. The molecule has 0 amide bonds. The Morgan fingerprint density at radius 1 is 1.10 bits per heavy atom. The normalized spacial score (nSPS) is 10.9. The Bertz CT molecular complexity index is 749. The van der Waals surface area contributed by atoms with Gasteiger partial charge in [-0.25, -0.2) is 4.98 Å². The molecule has 2 aromatic carbocycles. The van der Waals surface area contributed by atoms with Gasteiger partial charge in [0.15, 0.2) is 0 Å². The summed E-state index contributed by atoms with van der Waals surface area (Å²) in [5.41, 5.74) is 2.64. The molecular weight excluding hydrogens is 262 g/mol. The van der Waals surface area contributed by atoms with Crippen molar-refractivity contribution >= 4 is 17.0 Å². The minimum atomic E-state index is 0.249. The maximum Gasteiger partial charge on any atom is 0.208 e. The van der Waals surface area contributed by atoms with Gasteiger partial charge in [-0.2, -0.15) is 0 Å². The van der Waals surface area contributed by atoms with Crippen LogP contribution >= 0.6 is 0 Å². The van der Waals surface area contributed by atoms with Crippen LogP contribution in [0.1, 0.15) is 19.8 Å². The summed E-state index contributed by atoms with van der Waals surface area (Å²) in [7, 11) is 0. The number of benzene rings is 2. The van der Waals surface area contributed by atoms with Crippen molar-refractivity contribution in [3.05, 3.63) is 48.5 Å². The quantitative estimate of drug-likeness (QED) is 0.696. The predicted octanol–water partition coefficient (Wildman–Crippen LogP) is 3.94. The molecule has 0 aliphatic rings. The molecule has 0 spiro atoms. The third kappa shape index (κ3) is 2.57. The molecule has 1 heterocycles. The highest BCUT2D eigenvalue weighted by Crippen LogP contribution is 2.29. The number of phenolic OH excluding ortho intramolecular Hbond substituents is 1. The zero-order chi connectivity index (χ0) is 14.7. The van der Waals surface area contributed by atoms with E-state index in [0.29, 0.717) is 0 Å². The van der Waals surface area contributed by atoms with Crippen LogP contribution in [0.25, 0.3) is 16.7 Å². The average Bonchev–Trinajstić information content (AvgIpc) is 2.86. The number of hydrogen-bond donors (Lipinski definition) is 2. The molecule has 0 saturated carbocycles. The zero-order valence-electron chi connectivity index (χ0n) is 12.1. The number of aromatic hydroxyl groups is 1. The number of phenols is 1. The second-order valence-electron chi connectivity index (χ2n) is 5.03. The Hall–Kier alpha value is -2.49. The number of rotatable bonds is 5. The number of anilines is 1. The lowest BCUT2D eigenvalue weighted by atomic mass is 10.2. The monoisotopic (exact) mass is 281 g/mol. The lowest BCUT2D eigenvalue weighted by Crippen LogP contribution is -2.07. The summed E-state index contributed by atoms with van der Waals surface area (Å²) in [6.07, 6.45) is 2.22. The number of aromatic nitrogens is 2. The third-order valence-corrected chi connectivity index (χ3v) is 3.50. The minimum absolute atomic E-state index is 0.249. The molecule has 108 valence electrons. The molecule has 1 aromatic heterocycles. The Morgan fingerprint density at radius 2 is 1.86 bits per heavy atom. The molecule has 2 N–H and O–H groups in total. The fraction of sp³-hybridized carbons (Fsp3) is 0.235. The molecule has 3 rings (SSSR count). The van der Waals surface area contributed by atoms with E-state index in [9.17, 15) is 5.11 Å². The highest BCUT2D eigenvalue weighted by molar-refractivity contribution is 5.81. The fourth-order valence-corrected chi connectivity index (χ4v) is 2.42. The zero-order valence-corrected chi connectivity index (χ0v) is 12.1. The maximum atomic E-state index is 10.2. The van der Waals surface area contributed by atoms with Gasteiger partial charge >= 0.3 is 0 Å². The van der Waals surface area contributed by atoms with Crippen LogP contribution in [-0.2, 0) is 0 Å². The van der Waals surface area contributed by atoms with Crippen molar-refractivity contribution < 1.29 is 5.11 Å². The Kier molecular flexibility index (Phi) is 3.77. The Morgan fingerprint density at radius 3 is 2.67 bits per heavy atom. The van der Waals surface area contributed by atoms with Crippen LogP contribution in [0.3, 0.4) is 0 Å². The Labute approximate surface area is 124 Å². The molecule has 0 unspecified atom stereocenters. The van der Waals surface area contributed by atoms with Gasteiger partial charge in [0, 0.05) is 6.54 Å². The summed E-state index contributed by atoms with van der Waals surface area (Å²) < 4.78 is 1.97. The lowest BCUT2D eigenvalue weighted by Gasteiger charge is -2.12. The van der Waals surface area contributed by atoms with Gasteiger partial charge in [0.05, 0.1) is 16.7 Å². The van der Waals surface area contributed by atoms with Crippen molar-refractivity contribution in [2.75, 3.05) is 11.9 Å². The predicted molar refractivity (Wildman–Crippen MR) is 86.1 cm³/mol. The summed E-state index contributed by atoms with van der Waals surface area (Å²) in [6, 6.07) is 15.3. The number of nitrogens with zero attached hydrogens (tertiary/aromatic N) is 2. The minimum Gasteiger partial charge on any atom is -0.506 e. The topological polar surface area (TPSA) is 50.1 Å². The van der Waals surface area contributed by atoms with Gasteiger partial charge in [-0.15, -0.1) is 0 Å². The van der Waals surface area contributed by atoms with Gasteiger partial charge in [-0.3, -0.25) is 4.57 Å². The van der Waals surface area contributed by atoms with Crippen LogP contribution in [0.15, 0.2) is 48.5 Å².